The Kier molecular flexibility index (Phi) is 4.00. The summed E-state index contributed by atoms with van der Waals surface area (Å²) >= 11 is 11.4. The lowest BCUT2D eigenvalue weighted by molar-refractivity contribution is 1.25. The van der Waals surface area contributed by atoms with E-state index in [4.69, 9.17) is 23.8 Å². The van der Waals surface area contributed by atoms with Crippen LogP contribution in [0.1, 0.15) is 11.1 Å². The van der Waals surface area contributed by atoms with E-state index in [1.807, 2.05) is 48.3 Å². The molecule has 2 aromatic carbocycles. The molecule has 0 bridgehead atoms. The van der Waals surface area contributed by atoms with Crippen molar-refractivity contribution in [3.63, 3.8) is 0 Å². The van der Waals surface area contributed by atoms with Crippen LogP contribution >= 0.6 is 23.8 Å². The summed E-state index contributed by atoms with van der Waals surface area (Å²) in [5.74, 6) is 0. The zero-order valence-corrected chi connectivity index (χ0v) is 11.9. The second-order valence-corrected chi connectivity index (χ2v) is 4.98. The first-order valence-corrected chi connectivity index (χ1v) is 6.47. The van der Waals surface area contributed by atoms with Gasteiger partial charge in [0.05, 0.1) is 0 Å². The van der Waals surface area contributed by atoms with Crippen LogP contribution in [0.4, 0.5) is 5.69 Å². The maximum Gasteiger partial charge on any atom is 0.113 e. The first kappa shape index (κ1) is 13.1. The second kappa shape index (κ2) is 5.51. The van der Waals surface area contributed by atoms with Gasteiger partial charge in [0.1, 0.15) is 4.99 Å². The first-order chi connectivity index (χ1) is 8.59. The molecule has 0 amide bonds. The predicted molar refractivity (Wildman–Crippen MR) is 82.7 cm³/mol. The molecule has 0 saturated heterocycles. The summed E-state index contributed by atoms with van der Waals surface area (Å²) in [7, 11) is 1.99. The molecular weight excluding hydrogens is 262 g/mol. The molecule has 3 heteroatoms. The maximum absolute atomic E-state index is 5.88. The number of anilines is 1. The lowest BCUT2D eigenvalue weighted by atomic mass is 10.1. The van der Waals surface area contributed by atoms with Gasteiger partial charge in [-0.05, 0) is 30.7 Å². The van der Waals surface area contributed by atoms with Gasteiger partial charge in [-0.2, -0.15) is 0 Å². The van der Waals surface area contributed by atoms with Crippen molar-refractivity contribution in [1.29, 1.82) is 0 Å². The van der Waals surface area contributed by atoms with Gasteiger partial charge in [-0.15, -0.1) is 0 Å². The third-order valence-electron chi connectivity index (χ3n) is 2.87. The molecular formula is C15H14ClNS. The highest BCUT2D eigenvalue weighted by atomic mass is 35.5. The molecule has 0 aliphatic rings. The Morgan fingerprint density at radius 3 is 2.28 bits per heavy atom. The molecule has 0 atom stereocenters. The second-order valence-electron chi connectivity index (χ2n) is 4.16. The van der Waals surface area contributed by atoms with Crippen LogP contribution in [0.5, 0.6) is 0 Å². The third-order valence-corrected chi connectivity index (χ3v) is 3.63. The van der Waals surface area contributed by atoms with Crippen LogP contribution in [-0.2, 0) is 0 Å². The van der Waals surface area contributed by atoms with Gasteiger partial charge in [0, 0.05) is 23.3 Å². The SMILES string of the molecule is Cc1ccccc1N(C)C(=S)c1ccc(Cl)cc1. The summed E-state index contributed by atoms with van der Waals surface area (Å²) in [5.41, 5.74) is 3.33. The number of halogens is 1. The minimum atomic E-state index is 0.722. The molecule has 0 aromatic heterocycles. The Morgan fingerprint density at radius 1 is 1.06 bits per heavy atom. The van der Waals surface area contributed by atoms with Crippen molar-refractivity contribution < 1.29 is 0 Å². The summed E-state index contributed by atoms with van der Waals surface area (Å²) in [6, 6.07) is 15.8. The molecule has 0 fully saturated rings. The van der Waals surface area contributed by atoms with Gasteiger partial charge in [-0.25, -0.2) is 0 Å². The van der Waals surface area contributed by atoms with Crippen molar-refractivity contribution in [3.05, 3.63) is 64.7 Å². The van der Waals surface area contributed by atoms with Crippen LogP contribution in [0.15, 0.2) is 48.5 Å². The van der Waals surface area contributed by atoms with Gasteiger partial charge in [0.25, 0.3) is 0 Å². The normalized spacial score (nSPS) is 10.2. The summed E-state index contributed by atoms with van der Waals surface area (Å²) in [4.78, 5) is 2.81. The highest BCUT2D eigenvalue weighted by Gasteiger charge is 2.10. The van der Waals surface area contributed by atoms with E-state index in [9.17, 15) is 0 Å². The zero-order chi connectivity index (χ0) is 13.1. The Morgan fingerprint density at radius 2 is 1.67 bits per heavy atom. The minimum absolute atomic E-state index is 0.722. The average Bonchev–Trinajstić information content (AvgIpc) is 2.38. The van der Waals surface area contributed by atoms with Crippen molar-refractivity contribution in [2.75, 3.05) is 11.9 Å². The van der Waals surface area contributed by atoms with Crippen molar-refractivity contribution in [2.45, 2.75) is 6.92 Å². The Hall–Kier alpha value is -1.38. The molecule has 0 unspecified atom stereocenters. The number of rotatable bonds is 2. The summed E-state index contributed by atoms with van der Waals surface area (Å²) in [6.45, 7) is 2.08. The number of benzene rings is 2. The number of aryl methyl sites for hydroxylation is 1. The Labute approximate surface area is 118 Å². The van der Waals surface area contributed by atoms with Gasteiger partial charge >= 0.3 is 0 Å². The number of hydrogen-bond donors (Lipinski definition) is 0. The first-order valence-electron chi connectivity index (χ1n) is 5.69. The van der Waals surface area contributed by atoms with Crippen molar-refractivity contribution in [3.8, 4) is 0 Å². The maximum atomic E-state index is 5.88. The molecule has 0 radical (unpaired) electrons. The van der Waals surface area contributed by atoms with E-state index in [0.717, 1.165) is 21.3 Å². The number of hydrogen-bond acceptors (Lipinski definition) is 1. The van der Waals surface area contributed by atoms with E-state index in [2.05, 4.69) is 19.1 Å². The largest absolute Gasteiger partial charge is 0.335 e. The van der Waals surface area contributed by atoms with E-state index in [1.54, 1.807) is 0 Å². The van der Waals surface area contributed by atoms with Crippen molar-refractivity contribution >= 4 is 34.5 Å². The van der Waals surface area contributed by atoms with E-state index in [0.29, 0.717) is 0 Å². The van der Waals surface area contributed by atoms with Crippen molar-refractivity contribution in [1.82, 2.24) is 0 Å². The molecule has 18 heavy (non-hydrogen) atoms. The fourth-order valence-electron chi connectivity index (χ4n) is 1.84. The fraction of sp³-hybridized carbons (Fsp3) is 0.133. The van der Waals surface area contributed by atoms with E-state index < -0.39 is 0 Å². The van der Waals surface area contributed by atoms with Crippen LogP contribution in [0.2, 0.25) is 5.02 Å². The summed E-state index contributed by atoms with van der Waals surface area (Å²) in [6.07, 6.45) is 0. The molecule has 0 N–H and O–H groups in total. The Bertz CT molecular complexity index is 563. The van der Waals surface area contributed by atoms with Crippen molar-refractivity contribution in [2.24, 2.45) is 0 Å². The smallest absolute Gasteiger partial charge is 0.113 e. The van der Waals surface area contributed by atoms with E-state index in [-0.39, 0.29) is 0 Å². The molecule has 2 rings (SSSR count). The monoisotopic (exact) mass is 275 g/mol. The average molecular weight is 276 g/mol. The molecule has 92 valence electrons. The van der Waals surface area contributed by atoms with Crippen LogP contribution in [0.3, 0.4) is 0 Å². The topological polar surface area (TPSA) is 3.24 Å². The van der Waals surface area contributed by atoms with Crippen LogP contribution in [0.25, 0.3) is 0 Å². The number of thiocarbonyl (C=S) groups is 1. The van der Waals surface area contributed by atoms with Gasteiger partial charge in [0.2, 0.25) is 0 Å². The minimum Gasteiger partial charge on any atom is -0.335 e. The summed E-state index contributed by atoms with van der Waals surface area (Å²) in [5, 5.41) is 0.722. The lowest BCUT2D eigenvalue weighted by Gasteiger charge is -2.22. The quantitative estimate of drug-likeness (QED) is 0.745. The van der Waals surface area contributed by atoms with Crippen LogP contribution in [0, 0.1) is 6.92 Å². The molecule has 1 nitrogen and oxygen atoms in total. The van der Waals surface area contributed by atoms with Gasteiger partial charge in [0.15, 0.2) is 0 Å². The fourth-order valence-corrected chi connectivity index (χ4v) is 2.20. The lowest BCUT2D eigenvalue weighted by Crippen LogP contribution is -2.25. The standard InChI is InChI=1S/C15H14ClNS/c1-11-5-3-4-6-14(11)17(2)15(18)12-7-9-13(16)10-8-12/h3-10H,1-2H3. The molecule has 0 spiro atoms. The molecule has 0 saturated carbocycles. The molecule has 2 aromatic rings. The molecule has 0 aliphatic carbocycles. The van der Waals surface area contributed by atoms with Gasteiger partial charge in [-0.1, -0.05) is 54.2 Å². The molecule has 0 heterocycles. The van der Waals surface area contributed by atoms with Gasteiger partial charge in [-0.3, -0.25) is 0 Å². The highest BCUT2D eigenvalue weighted by Crippen LogP contribution is 2.21. The highest BCUT2D eigenvalue weighted by molar-refractivity contribution is 7.81. The van der Waals surface area contributed by atoms with Crippen LogP contribution in [-0.4, -0.2) is 12.0 Å². The molecule has 0 aliphatic heterocycles. The third kappa shape index (κ3) is 2.71. The Balaban J connectivity index is 2.29. The number of nitrogens with zero attached hydrogens (tertiary/aromatic N) is 1. The van der Waals surface area contributed by atoms with E-state index >= 15 is 0 Å². The zero-order valence-electron chi connectivity index (χ0n) is 10.4. The van der Waals surface area contributed by atoms with E-state index in [1.165, 1.54) is 5.56 Å². The summed E-state index contributed by atoms with van der Waals surface area (Å²) < 4.78 is 0. The predicted octanol–water partition coefficient (Wildman–Crippen LogP) is 4.46. The van der Waals surface area contributed by atoms with Crippen LogP contribution < -0.4 is 4.90 Å². The van der Waals surface area contributed by atoms with Gasteiger partial charge < -0.3 is 4.90 Å². The number of para-hydroxylation sites is 1.